The van der Waals surface area contributed by atoms with Crippen LogP contribution in [0.5, 0.6) is 0 Å². The summed E-state index contributed by atoms with van der Waals surface area (Å²) in [5.74, 6) is -2.03. The monoisotopic (exact) mass is 302 g/mol. The molecule has 0 aromatic carbocycles. The smallest absolute Gasteiger partial charge is 0.433 e. The van der Waals surface area contributed by atoms with Crippen LogP contribution in [0, 0.1) is 0 Å². The average molecular weight is 302 g/mol. The van der Waals surface area contributed by atoms with Crippen molar-refractivity contribution in [1.82, 2.24) is 10.3 Å². The van der Waals surface area contributed by atoms with Crippen LogP contribution >= 0.6 is 0 Å². The number of carboxylic acids is 1. The molecule has 1 rings (SSSR count). The van der Waals surface area contributed by atoms with Crippen LogP contribution in [0.3, 0.4) is 0 Å². The van der Waals surface area contributed by atoms with E-state index >= 15 is 0 Å². The highest BCUT2D eigenvalue weighted by Crippen LogP contribution is 2.27. The topological polar surface area (TPSA) is 79.3 Å². The largest absolute Gasteiger partial charge is 0.480 e. The number of nitrogens with zero attached hydrogens (tertiary/aromatic N) is 1. The zero-order valence-corrected chi connectivity index (χ0v) is 11.0. The number of amides is 1. The summed E-state index contributed by atoms with van der Waals surface area (Å²) in [6.45, 7) is 1.69. The summed E-state index contributed by atoms with van der Waals surface area (Å²) in [4.78, 5) is 25.8. The van der Waals surface area contributed by atoms with E-state index in [-0.39, 0.29) is 12.0 Å². The Balaban J connectivity index is 2.81. The second-order valence-corrected chi connectivity index (χ2v) is 4.10. The van der Waals surface area contributed by atoms with Gasteiger partial charge in [0.15, 0.2) is 0 Å². The number of carboxylic acid groups (broad SMARTS) is 1. The van der Waals surface area contributed by atoms with Crippen LogP contribution < -0.4 is 5.32 Å². The Morgan fingerprint density at radius 2 is 2.10 bits per heavy atom. The first-order valence-corrected chi connectivity index (χ1v) is 5.93. The molecule has 0 saturated carbocycles. The van der Waals surface area contributed by atoms with E-state index in [1.165, 1.54) is 0 Å². The summed E-state index contributed by atoms with van der Waals surface area (Å²) in [7, 11) is 0. The van der Waals surface area contributed by atoms with E-state index in [1.54, 1.807) is 19.1 Å². The number of hydrogen-bond acceptors (Lipinski definition) is 3. The van der Waals surface area contributed by atoms with Crippen molar-refractivity contribution >= 4 is 11.9 Å². The first-order valence-electron chi connectivity index (χ1n) is 5.93. The average Bonchev–Trinajstić information content (AvgIpc) is 2.42. The molecule has 114 valence electrons. The number of carbonyl (C=O) groups is 2. The molecule has 0 radical (unpaired) electrons. The van der Waals surface area contributed by atoms with Crippen molar-refractivity contribution in [3.8, 4) is 0 Å². The van der Waals surface area contributed by atoms with Gasteiger partial charge < -0.3 is 10.4 Å². The van der Waals surface area contributed by atoms with Crippen LogP contribution in [0.4, 0.5) is 13.2 Å². The molecule has 0 aliphatic heterocycles. The highest BCUT2D eigenvalue weighted by Gasteiger charge is 2.32. The van der Waals surface area contributed by atoms with Crippen molar-refractivity contribution in [2.75, 3.05) is 0 Å². The Bertz CT molecular complexity index is 539. The number of allylic oxidation sites excluding steroid dienone is 1. The van der Waals surface area contributed by atoms with Gasteiger partial charge in [-0.25, -0.2) is 4.79 Å². The molecular formula is C13H13F3N2O3. The predicted octanol–water partition coefficient (Wildman–Crippen LogP) is 2.25. The lowest BCUT2D eigenvalue weighted by molar-refractivity contribution is -0.141. The van der Waals surface area contributed by atoms with E-state index in [9.17, 15) is 22.8 Å². The van der Waals surface area contributed by atoms with Gasteiger partial charge in [0.05, 0.1) is 5.56 Å². The number of aliphatic carboxylic acids is 1. The standard InChI is InChI=1S/C13H13F3N2O3/c1-2-3-4-9(12(20)21)18-11(19)8-5-6-10(17-7-8)13(14,15)16/h2-3,5-7,9H,4H2,1H3,(H,18,19)(H,20,21)/b3-2+. The van der Waals surface area contributed by atoms with Gasteiger partial charge in [0.1, 0.15) is 11.7 Å². The van der Waals surface area contributed by atoms with Crippen molar-refractivity contribution in [3.63, 3.8) is 0 Å². The number of aromatic nitrogens is 1. The number of rotatable bonds is 5. The van der Waals surface area contributed by atoms with Gasteiger partial charge in [-0.05, 0) is 25.5 Å². The lowest BCUT2D eigenvalue weighted by Crippen LogP contribution is -2.40. The van der Waals surface area contributed by atoms with E-state index in [2.05, 4.69) is 10.3 Å². The van der Waals surface area contributed by atoms with Crippen LogP contribution in [0.25, 0.3) is 0 Å². The lowest BCUT2D eigenvalue weighted by atomic mass is 10.1. The van der Waals surface area contributed by atoms with E-state index in [0.29, 0.717) is 6.07 Å². The zero-order chi connectivity index (χ0) is 16.0. The van der Waals surface area contributed by atoms with Crippen molar-refractivity contribution in [1.29, 1.82) is 0 Å². The molecule has 1 unspecified atom stereocenters. The Hall–Kier alpha value is -2.38. The summed E-state index contributed by atoms with van der Waals surface area (Å²) < 4.78 is 37.0. The van der Waals surface area contributed by atoms with E-state index in [0.717, 1.165) is 12.3 Å². The highest BCUT2D eigenvalue weighted by molar-refractivity contribution is 5.96. The van der Waals surface area contributed by atoms with Crippen LogP contribution in [0.15, 0.2) is 30.5 Å². The highest BCUT2D eigenvalue weighted by atomic mass is 19.4. The first-order chi connectivity index (χ1) is 9.75. The number of hydrogen-bond donors (Lipinski definition) is 2. The molecule has 0 saturated heterocycles. The van der Waals surface area contributed by atoms with Gasteiger partial charge in [0.2, 0.25) is 0 Å². The van der Waals surface area contributed by atoms with Gasteiger partial charge in [-0.15, -0.1) is 0 Å². The molecule has 1 amide bonds. The zero-order valence-electron chi connectivity index (χ0n) is 11.0. The van der Waals surface area contributed by atoms with Gasteiger partial charge in [-0.1, -0.05) is 12.2 Å². The molecule has 0 aliphatic rings. The molecule has 0 aliphatic carbocycles. The molecule has 0 bridgehead atoms. The molecule has 0 spiro atoms. The summed E-state index contributed by atoms with van der Waals surface area (Å²) in [6, 6.07) is 0.451. The van der Waals surface area contributed by atoms with Gasteiger partial charge in [0, 0.05) is 6.20 Å². The fourth-order valence-electron chi connectivity index (χ4n) is 1.43. The molecule has 1 aromatic rings. The maximum atomic E-state index is 12.3. The minimum Gasteiger partial charge on any atom is -0.480 e. The van der Waals surface area contributed by atoms with Crippen LogP contribution in [-0.2, 0) is 11.0 Å². The van der Waals surface area contributed by atoms with Gasteiger partial charge >= 0.3 is 12.1 Å². The third-order valence-electron chi connectivity index (χ3n) is 2.53. The normalized spacial score (nSPS) is 13.1. The Morgan fingerprint density at radius 3 is 2.52 bits per heavy atom. The SMILES string of the molecule is C/C=C/CC(NC(=O)c1ccc(C(F)(F)F)nc1)C(=O)O. The summed E-state index contributed by atoms with van der Waals surface area (Å²) in [6.07, 6.45) is -0.575. The van der Waals surface area contributed by atoms with Crippen LogP contribution in [0.2, 0.25) is 0 Å². The maximum absolute atomic E-state index is 12.3. The molecule has 5 nitrogen and oxygen atoms in total. The molecule has 8 heteroatoms. The quantitative estimate of drug-likeness (QED) is 0.818. The third kappa shape index (κ3) is 4.90. The number of halogens is 3. The molecule has 21 heavy (non-hydrogen) atoms. The van der Waals surface area contributed by atoms with E-state index < -0.39 is 29.8 Å². The van der Waals surface area contributed by atoms with Crippen molar-refractivity contribution in [2.24, 2.45) is 0 Å². The summed E-state index contributed by atoms with van der Waals surface area (Å²) >= 11 is 0. The summed E-state index contributed by atoms with van der Waals surface area (Å²) in [5, 5.41) is 11.1. The Kier molecular flexibility index (Phi) is 5.45. The molecular weight excluding hydrogens is 289 g/mol. The second-order valence-electron chi connectivity index (χ2n) is 4.10. The van der Waals surface area contributed by atoms with E-state index in [4.69, 9.17) is 5.11 Å². The van der Waals surface area contributed by atoms with Gasteiger partial charge in [-0.2, -0.15) is 13.2 Å². The fraction of sp³-hybridized carbons (Fsp3) is 0.308. The van der Waals surface area contributed by atoms with Gasteiger partial charge in [-0.3, -0.25) is 9.78 Å². The molecule has 1 heterocycles. The van der Waals surface area contributed by atoms with Crippen LogP contribution in [0.1, 0.15) is 29.4 Å². The Labute approximate surface area is 118 Å². The number of alkyl halides is 3. The van der Waals surface area contributed by atoms with E-state index in [1.807, 2.05) is 0 Å². The minimum absolute atomic E-state index is 0.0750. The number of pyridine rings is 1. The minimum atomic E-state index is -4.59. The molecule has 1 aromatic heterocycles. The fourth-order valence-corrected chi connectivity index (χ4v) is 1.43. The molecule has 2 N–H and O–H groups in total. The maximum Gasteiger partial charge on any atom is 0.433 e. The number of carbonyl (C=O) groups excluding carboxylic acids is 1. The molecule has 0 fully saturated rings. The third-order valence-corrected chi connectivity index (χ3v) is 2.53. The van der Waals surface area contributed by atoms with Crippen molar-refractivity contribution in [2.45, 2.75) is 25.6 Å². The van der Waals surface area contributed by atoms with Crippen molar-refractivity contribution in [3.05, 3.63) is 41.7 Å². The lowest BCUT2D eigenvalue weighted by Gasteiger charge is -2.13. The van der Waals surface area contributed by atoms with Gasteiger partial charge in [0.25, 0.3) is 5.91 Å². The molecule has 1 atom stereocenters. The Morgan fingerprint density at radius 1 is 1.43 bits per heavy atom. The predicted molar refractivity (Wildman–Crippen MR) is 67.6 cm³/mol. The number of nitrogens with one attached hydrogen (secondary N) is 1. The first kappa shape index (κ1) is 16.7. The second kappa shape index (κ2) is 6.87. The van der Waals surface area contributed by atoms with Crippen LogP contribution in [-0.4, -0.2) is 28.0 Å². The van der Waals surface area contributed by atoms with Crippen molar-refractivity contribution < 1.29 is 27.9 Å². The summed E-state index contributed by atoms with van der Waals surface area (Å²) in [5.41, 5.74) is -1.27.